The van der Waals surface area contributed by atoms with E-state index in [-0.39, 0.29) is 17.7 Å². The Labute approximate surface area is 227 Å². The molecule has 198 valence electrons. The Bertz CT molecular complexity index is 1510. The van der Waals surface area contributed by atoms with Gasteiger partial charge >= 0.3 is 5.97 Å². The summed E-state index contributed by atoms with van der Waals surface area (Å²) in [4.78, 5) is 37.7. The number of nitrogens with zero attached hydrogens (tertiary/aromatic N) is 4. The van der Waals surface area contributed by atoms with Gasteiger partial charge in [0.15, 0.2) is 0 Å². The molecule has 0 aliphatic heterocycles. The molecule has 0 spiro atoms. The highest BCUT2D eigenvalue weighted by molar-refractivity contribution is 6.30. The van der Waals surface area contributed by atoms with Crippen LogP contribution in [-0.4, -0.2) is 51.1 Å². The Morgan fingerprint density at radius 3 is 2.59 bits per heavy atom. The van der Waals surface area contributed by atoms with Gasteiger partial charge in [-0.25, -0.2) is 9.18 Å². The van der Waals surface area contributed by atoms with Crippen molar-refractivity contribution in [3.63, 3.8) is 0 Å². The molecule has 0 fully saturated rings. The van der Waals surface area contributed by atoms with Crippen LogP contribution in [0.4, 0.5) is 10.1 Å². The summed E-state index contributed by atoms with van der Waals surface area (Å²) in [5, 5.41) is 16.8. The molecule has 0 bridgehead atoms. The molecule has 2 amide bonds. The second-order valence-corrected chi connectivity index (χ2v) is 8.65. The van der Waals surface area contributed by atoms with Crippen molar-refractivity contribution in [2.45, 2.75) is 12.5 Å². The zero-order chi connectivity index (χ0) is 27.8. The largest absolute Gasteiger partial charge is 0.465 e. The lowest BCUT2D eigenvalue weighted by molar-refractivity contribution is -0.123. The molecule has 4 aromatic rings. The number of hydrogen-bond donors (Lipinski definition) is 2. The number of hydrogen-bond acceptors (Lipinski definition) is 7. The molecule has 1 heterocycles. The Hall–Kier alpha value is -4.90. The van der Waals surface area contributed by atoms with E-state index in [1.807, 2.05) is 30.3 Å². The molecule has 10 nitrogen and oxygen atoms in total. The molecule has 0 aliphatic carbocycles. The fourth-order valence-electron chi connectivity index (χ4n) is 3.68. The number of rotatable bonds is 9. The maximum absolute atomic E-state index is 14.4. The highest BCUT2D eigenvalue weighted by Gasteiger charge is 2.22. The standard InChI is InChI=1S/C27H22ClFN6O4/c1-39-27(38)21-10-9-20(15-22(21)29)31-26(37)23(13-17-5-3-2-4-6-17)32-25(36)12-7-18-14-19(28)8-11-24(18)35-16-30-33-34-35/h2-12,14-16,23H,13H2,1H3,(H,31,37)(H,32,36)/t23-/m0/s1. The molecule has 39 heavy (non-hydrogen) atoms. The number of halogens is 2. The number of ether oxygens (including phenoxy) is 1. The molecule has 2 N–H and O–H groups in total. The zero-order valence-electron chi connectivity index (χ0n) is 20.5. The van der Waals surface area contributed by atoms with Gasteiger partial charge in [0.2, 0.25) is 11.8 Å². The maximum atomic E-state index is 14.4. The Balaban J connectivity index is 1.53. The Morgan fingerprint density at radius 1 is 1.10 bits per heavy atom. The lowest BCUT2D eigenvalue weighted by Gasteiger charge is -2.18. The molecular formula is C27H22ClFN6O4. The summed E-state index contributed by atoms with van der Waals surface area (Å²) in [7, 11) is 1.14. The van der Waals surface area contributed by atoms with Crippen LogP contribution in [0.1, 0.15) is 21.5 Å². The fourth-order valence-corrected chi connectivity index (χ4v) is 3.86. The van der Waals surface area contributed by atoms with Gasteiger partial charge in [-0.1, -0.05) is 41.9 Å². The van der Waals surface area contributed by atoms with Crippen molar-refractivity contribution in [1.29, 1.82) is 0 Å². The average molecular weight is 549 g/mol. The third kappa shape index (κ3) is 7.11. The molecule has 1 atom stereocenters. The zero-order valence-corrected chi connectivity index (χ0v) is 21.3. The van der Waals surface area contributed by atoms with E-state index in [0.29, 0.717) is 16.3 Å². The lowest BCUT2D eigenvalue weighted by Crippen LogP contribution is -2.44. The van der Waals surface area contributed by atoms with E-state index in [0.717, 1.165) is 18.7 Å². The molecule has 12 heteroatoms. The minimum absolute atomic E-state index is 0.109. The van der Waals surface area contributed by atoms with Crippen molar-refractivity contribution in [2.75, 3.05) is 12.4 Å². The van der Waals surface area contributed by atoms with Crippen molar-refractivity contribution >= 4 is 41.1 Å². The van der Waals surface area contributed by atoms with Crippen LogP contribution in [0.15, 0.2) is 79.1 Å². The first-order chi connectivity index (χ1) is 18.8. The number of nitrogens with one attached hydrogen (secondary N) is 2. The number of tetrazole rings is 1. The van der Waals surface area contributed by atoms with Crippen molar-refractivity contribution in [1.82, 2.24) is 25.5 Å². The number of methoxy groups -OCH3 is 1. The molecule has 3 aromatic carbocycles. The minimum Gasteiger partial charge on any atom is -0.465 e. The first kappa shape index (κ1) is 27.1. The van der Waals surface area contributed by atoms with Gasteiger partial charge in [0, 0.05) is 28.8 Å². The fraction of sp³-hybridized carbons (Fsp3) is 0.111. The second-order valence-electron chi connectivity index (χ2n) is 8.22. The van der Waals surface area contributed by atoms with Crippen LogP contribution in [0, 0.1) is 5.82 Å². The van der Waals surface area contributed by atoms with Crippen molar-refractivity contribution in [3.8, 4) is 5.69 Å². The maximum Gasteiger partial charge on any atom is 0.340 e. The Kier molecular flexibility index (Phi) is 8.75. The van der Waals surface area contributed by atoms with Gasteiger partial charge < -0.3 is 15.4 Å². The van der Waals surface area contributed by atoms with E-state index in [1.54, 1.807) is 18.2 Å². The second kappa shape index (κ2) is 12.6. The third-order valence-corrected chi connectivity index (χ3v) is 5.79. The topological polar surface area (TPSA) is 128 Å². The van der Waals surface area contributed by atoms with Gasteiger partial charge in [-0.05, 0) is 58.5 Å². The van der Waals surface area contributed by atoms with Crippen molar-refractivity contribution in [3.05, 3.63) is 107 Å². The van der Waals surface area contributed by atoms with E-state index in [1.165, 1.54) is 35.3 Å². The van der Waals surface area contributed by atoms with Gasteiger partial charge in [0.1, 0.15) is 18.2 Å². The van der Waals surface area contributed by atoms with Crippen LogP contribution >= 0.6 is 11.6 Å². The number of aromatic nitrogens is 4. The summed E-state index contributed by atoms with van der Waals surface area (Å²) < 4.78 is 20.3. The average Bonchev–Trinajstić information content (AvgIpc) is 3.47. The normalized spacial score (nSPS) is 11.7. The highest BCUT2D eigenvalue weighted by Crippen LogP contribution is 2.20. The molecule has 0 saturated carbocycles. The SMILES string of the molecule is COC(=O)c1ccc(NC(=O)[C@H](Cc2ccccc2)NC(=O)C=Cc2cc(Cl)ccc2-n2cnnn2)cc1F. The van der Waals surface area contributed by atoms with E-state index in [4.69, 9.17) is 11.6 Å². The predicted octanol–water partition coefficient (Wildman–Crippen LogP) is 3.62. The van der Waals surface area contributed by atoms with Crippen LogP contribution in [0.25, 0.3) is 11.8 Å². The molecule has 0 unspecified atom stereocenters. The van der Waals surface area contributed by atoms with E-state index < -0.39 is 29.6 Å². The summed E-state index contributed by atoms with van der Waals surface area (Å²) in [6, 6.07) is 16.7. The molecule has 0 saturated heterocycles. The van der Waals surface area contributed by atoms with Gasteiger partial charge in [0.05, 0.1) is 18.4 Å². The van der Waals surface area contributed by atoms with Crippen LogP contribution in [0.2, 0.25) is 5.02 Å². The summed E-state index contributed by atoms with van der Waals surface area (Å²) in [5.74, 6) is -2.83. The van der Waals surface area contributed by atoms with E-state index in [2.05, 4.69) is 30.9 Å². The van der Waals surface area contributed by atoms with Crippen molar-refractivity contribution in [2.24, 2.45) is 0 Å². The van der Waals surface area contributed by atoms with Gasteiger partial charge in [-0.2, -0.15) is 4.68 Å². The molecular weight excluding hydrogens is 527 g/mol. The van der Waals surface area contributed by atoms with E-state index in [9.17, 15) is 18.8 Å². The van der Waals surface area contributed by atoms with Gasteiger partial charge in [0.25, 0.3) is 0 Å². The number of anilines is 1. The monoisotopic (exact) mass is 548 g/mol. The van der Waals surface area contributed by atoms with Gasteiger partial charge in [-0.15, -0.1) is 5.10 Å². The lowest BCUT2D eigenvalue weighted by atomic mass is 10.0. The number of benzene rings is 3. The van der Waals surface area contributed by atoms with Crippen LogP contribution in [0.5, 0.6) is 0 Å². The number of carbonyl (C=O) groups is 3. The van der Waals surface area contributed by atoms with Crippen LogP contribution in [-0.2, 0) is 20.7 Å². The molecule has 4 rings (SSSR count). The summed E-state index contributed by atoms with van der Waals surface area (Å²) in [5.41, 5.74) is 1.79. The minimum atomic E-state index is -1.01. The first-order valence-electron chi connectivity index (χ1n) is 11.6. The smallest absolute Gasteiger partial charge is 0.340 e. The quantitative estimate of drug-likeness (QED) is 0.241. The predicted molar refractivity (Wildman–Crippen MR) is 142 cm³/mol. The summed E-state index contributed by atoms with van der Waals surface area (Å²) in [6.07, 6.45) is 4.36. The number of carbonyl (C=O) groups excluding carboxylic acids is 3. The summed E-state index contributed by atoms with van der Waals surface area (Å²) >= 11 is 6.13. The molecule has 0 radical (unpaired) electrons. The number of esters is 1. The molecule has 0 aliphatic rings. The first-order valence-corrected chi connectivity index (χ1v) is 12.0. The van der Waals surface area contributed by atoms with Crippen LogP contribution in [0.3, 0.4) is 0 Å². The highest BCUT2D eigenvalue weighted by atomic mass is 35.5. The third-order valence-electron chi connectivity index (χ3n) is 5.56. The molecule has 1 aromatic heterocycles. The Morgan fingerprint density at radius 2 is 1.90 bits per heavy atom. The van der Waals surface area contributed by atoms with Gasteiger partial charge in [-0.3, -0.25) is 9.59 Å². The van der Waals surface area contributed by atoms with Crippen LogP contribution < -0.4 is 10.6 Å². The van der Waals surface area contributed by atoms with E-state index >= 15 is 0 Å². The summed E-state index contributed by atoms with van der Waals surface area (Å²) in [6.45, 7) is 0. The van der Waals surface area contributed by atoms with Crippen molar-refractivity contribution < 1.29 is 23.5 Å². The number of amides is 2.